The Hall–Kier alpha value is -0.720. The Kier molecular flexibility index (Phi) is 6.00. The van der Waals surface area contributed by atoms with E-state index in [-0.39, 0.29) is 0 Å². The van der Waals surface area contributed by atoms with Gasteiger partial charge in [-0.2, -0.15) is 0 Å². The molecule has 1 N–H and O–H groups in total. The van der Waals surface area contributed by atoms with Crippen LogP contribution in [0.15, 0.2) is 23.5 Å². The summed E-state index contributed by atoms with van der Waals surface area (Å²) in [7, 11) is 0. The van der Waals surface area contributed by atoms with Crippen molar-refractivity contribution in [3.63, 3.8) is 0 Å². The zero-order valence-corrected chi connectivity index (χ0v) is 19.8. The number of allylic oxidation sites excluding steroid dienone is 3. The predicted molar refractivity (Wildman–Crippen MR) is 124 cm³/mol. The second-order valence-electron chi connectivity index (χ2n) is 12.0. The molecule has 0 amide bonds. The second-order valence-corrected chi connectivity index (χ2v) is 12.0. The largest absolute Gasteiger partial charge is 0.516 e. The van der Waals surface area contributed by atoms with Crippen LogP contribution in [0.25, 0.3) is 0 Å². The van der Waals surface area contributed by atoms with Crippen LogP contribution in [-0.4, -0.2) is 5.11 Å². The topological polar surface area (TPSA) is 20.2 Å². The Morgan fingerprint density at radius 2 is 1.90 bits per heavy atom. The number of aliphatic hydroxyl groups excluding tert-OH is 1. The fourth-order valence-electron chi connectivity index (χ4n) is 8.74. The summed E-state index contributed by atoms with van der Waals surface area (Å²) in [5.74, 6) is 5.11. The molecule has 164 valence electrons. The zero-order valence-electron chi connectivity index (χ0n) is 19.8. The third-order valence-electron chi connectivity index (χ3n) is 10.8. The fourth-order valence-corrected chi connectivity index (χ4v) is 8.74. The molecule has 4 aliphatic carbocycles. The highest BCUT2D eigenvalue weighted by molar-refractivity contribution is 5.24. The molecule has 0 aromatic heterocycles. The van der Waals surface area contributed by atoms with E-state index < -0.39 is 0 Å². The van der Waals surface area contributed by atoms with Gasteiger partial charge in [0.05, 0.1) is 6.26 Å². The number of hydrogen-bond donors (Lipinski definition) is 1. The molecule has 0 bridgehead atoms. The molecule has 0 aromatic carbocycles. The molecular formula is C28H46O. The van der Waals surface area contributed by atoms with Crippen molar-refractivity contribution < 1.29 is 5.11 Å². The number of rotatable bonds is 5. The van der Waals surface area contributed by atoms with Gasteiger partial charge >= 0.3 is 0 Å². The summed E-state index contributed by atoms with van der Waals surface area (Å²) >= 11 is 0. The Morgan fingerprint density at radius 1 is 1.10 bits per heavy atom. The molecule has 3 saturated carbocycles. The van der Waals surface area contributed by atoms with E-state index in [0.717, 1.165) is 35.2 Å². The lowest BCUT2D eigenvalue weighted by molar-refractivity contribution is -0.0501. The van der Waals surface area contributed by atoms with Gasteiger partial charge in [-0.25, -0.2) is 0 Å². The summed E-state index contributed by atoms with van der Waals surface area (Å²) in [6, 6.07) is 0. The highest BCUT2D eigenvalue weighted by atomic mass is 16.2. The van der Waals surface area contributed by atoms with Crippen molar-refractivity contribution in [2.24, 2.45) is 46.3 Å². The first-order valence-electron chi connectivity index (χ1n) is 12.8. The van der Waals surface area contributed by atoms with Gasteiger partial charge in [-0.1, -0.05) is 45.8 Å². The molecule has 0 aliphatic heterocycles. The minimum absolute atomic E-state index is 0.511. The fraction of sp³-hybridized carbons (Fsp3) is 0.857. The summed E-state index contributed by atoms with van der Waals surface area (Å²) in [5, 5.41) is 9.32. The van der Waals surface area contributed by atoms with Gasteiger partial charge in [0.1, 0.15) is 0 Å². The summed E-state index contributed by atoms with van der Waals surface area (Å²) in [5.41, 5.74) is 4.09. The molecule has 0 radical (unpaired) electrons. The van der Waals surface area contributed by atoms with Crippen LogP contribution in [0.5, 0.6) is 0 Å². The molecule has 0 heterocycles. The van der Waals surface area contributed by atoms with E-state index >= 15 is 0 Å². The number of hydrogen-bond acceptors (Lipinski definition) is 1. The lowest BCUT2D eigenvalue weighted by Gasteiger charge is -2.58. The van der Waals surface area contributed by atoms with Crippen LogP contribution in [0.1, 0.15) is 105 Å². The number of fused-ring (bicyclic) bond motifs is 5. The van der Waals surface area contributed by atoms with E-state index in [9.17, 15) is 5.11 Å². The van der Waals surface area contributed by atoms with Gasteiger partial charge in [0, 0.05) is 0 Å². The predicted octanol–water partition coefficient (Wildman–Crippen LogP) is 8.47. The van der Waals surface area contributed by atoms with E-state index in [1.54, 1.807) is 0 Å². The average molecular weight is 399 g/mol. The summed E-state index contributed by atoms with van der Waals surface area (Å²) in [4.78, 5) is 0. The molecule has 0 spiro atoms. The first-order chi connectivity index (χ1) is 13.8. The normalized spacial score (nSPS) is 44.3. The smallest absolute Gasteiger partial charge is 0.0783 e. The van der Waals surface area contributed by atoms with Crippen molar-refractivity contribution in [3.8, 4) is 0 Å². The molecule has 3 fully saturated rings. The maximum Gasteiger partial charge on any atom is 0.0783 e. The third kappa shape index (κ3) is 3.53. The van der Waals surface area contributed by atoms with Gasteiger partial charge in [0.25, 0.3) is 0 Å². The summed E-state index contributed by atoms with van der Waals surface area (Å²) in [6.07, 6.45) is 19.6. The third-order valence-corrected chi connectivity index (χ3v) is 10.8. The maximum atomic E-state index is 9.32. The standard InChI is InChI=1S/C28H46O/c1-19(21(3)18-29)9-10-20(2)24-13-14-25-23-12-11-22-8-6-7-16-27(22,4)26(23)15-17-28(24,25)5/h11,18-20,23-26,29H,6-10,12-17H2,1-5H3/t19-,20-,23+,24-,25+,26+,27+,28-/m1/s1. The SMILES string of the molecule is CC(=CO)[C@H](C)CC[C@@H](C)[C@H]1CC[C@H]2[C@@H]3CC=C4CCCC[C@]4(C)[C@H]3CC[C@]12C. The van der Waals surface area contributed by atoms with Crippen molar-refractivity contribution in [3.05, 3.63) is 23.5 Å². The van der Waals surface area contributed by atoms with E-state index in [0.29, 0.717) is 16.7 Å². The van der Waals surface area contributed by atoms with Crippen LogP contribution in [0.4, 0.5) is 0 Å². The molecule has 4 aliphatic rings. The molecule has 8 atom stereocenters. The lowest BCUT2D eigenvalue weighted by Crippen LogP contribution is -2.50. The van der Waals surface area contributed by atoms with Crippen molar-refractivity contribution in [1.29, 1.82) is 0 Å². The Morgan fingerprint density at radius 3 is 2.66 bits per heavy atom. The summed E-state index contributed by atoms with van der Waals surface area (Å²) < 4.78 is 0. The highest BCUT2D eigenvalue weighted by Crippen LogP contribution is 2.67. The zero-order chi connectivity index (χ0) is 20.8. The monoisotopic (exact) mass is 398 g/mol. The minimum Gasteiger partial charge on any atom is -0.516 e. The minimum atomic E-state index is 0.511. The van der Waals surface area contributed by atoms with Gasteiger partial charge < -0.3 is 5.11 Å². The summed E-state index contributed by atoms with van der Waals surface area (Å²) in [6.45, 7) is 12.2. The molecule has 29 heavy (non-hydrogen) atoms. The van der Waals surface area contributed by atoms with E-state index in [2.05, 4.69) is 40.7 Å². The van der Waals surface area contributed by atoms with E-state index in [4.69, 9.17) is 0 Å². The number of aliphatic hydroxyl groups is 1. The van der Waals surface area contributed by atoms with Crippen LogP contribution in [0.2, 0.25) is 0 Å². The molecule has 4 rings (SSSR count). The van der Waals surface area contributed by atoms with E-state index in [1.165, 1.54) is 76.9 Å². The second kappa shape index (κ2) is 8.08. The Bertz CT molecular complexity index is 659. The van der Waals surface area contributed by atoms with Crippen molar-refractivity contribution in [2.45, 2.75) is 105 Å². The van der Waals surface area contributed by atoms with E-state index in [1.807, 2.05) is 5.57 Å². The maximum absolute atomic E-state index is 9.32. The molecular weight excluding hydrogens is 352 g/mol. The Labute approximate surface area is 180 Å². The van der Waals surface area contributed by atoms with Gasteiger partial charge in [0.2, 0.25) is 0 Å². The lowest BCUT2D eigenvalue weighted by atomic mass is 9.47. The average Bonchev–Trinajstić information content (AvgIpc) is 3.08. The van der Waals surface area contributed by atoms with Gasteiger partial charge in [-0.3, -0.25) is 0 Å². The van der Waals surface area contributed by atoms with Crippen molar-refractivity contribution in [1.82, 2.24) is 0 Å². The molecule has 0 unspecified atom stereocenters. The van der Waals surface area contributed by atoms with Crippen LogP contribution in [0, 0.1) is 46.3 Å². The Balaban J connectivity index is 1.47. The highest BCUT2D eigenvalue weighted by Gasteiger charge is 2.58. The molecule has 1 nitrogen and oxygen atoms in total. The van der Waals surface area contributed by atoms with Crippen LogP contribution < -0.4 is 0 Å². The molecule has 0 saturated heterocycles. The van der Waals surface area contributed by atoms with Crippen LogP contribution in [-0.2, 0) is 0 Å². The van der Waals surface area contributed by atoms with Crippen molar-refractivity contribution >= 4 is 0 Å². The van der Waals surface area contributed by atoms with Crippen LogP contribution in [0.3, 0.4) is 0 Å². The van der Waals surface area contributed by atoms with Crippen LogP contribution >= 0.6 is 0 Å². The first kappa shape index (κ1) is 21.5. The first-order valence-corrected chi connectivity index (χ1v) is 12.8. The van der Waals surface area contributed by atoms with Gasteiger partial charge in [-0.05, 0) is 123 Å². The van der Waals surface area contributed by atoms with Gasteiger partial charge in [0.15, 0.2) is 0 Å². The quantitative estimate of drug-likeness (QED) is 0.363. The van der Waals surface area contributed by atoms with Crippen molar-refractivity contribution in [2.75, 3.05) is 0 Å². The molecule has 1 heteroatoms. The molecule has 0 aromatic rings. The van der Waals surface area contributed by atoms with Gasteiger partial charge in [-0.15, -0.1) is 0 Å².